The van der Waals surface area contributed by atoms with Crippen molar-refractivity contribution in [2.75, 3.05) is 19.3 Å². The third-order valence-electron chi connectivity index (χ3n) is 3.24. The molecule has 5 nitrogen and oxygen atoms in total. The molecule has 2 rings (SSSR count). The highest BCUT2D eigenvalue weighted by Crippen LogP contribution is 2.13. The van der Waals surface area contributed by atoms with Gasteiger partial charge in [0, 0.05) is 24.7 Å². The first-order valence-corrected chi connectivity index (χ1v) is 8.04. The molecular weight excluding hydrogens is 264 g/mol. The molecule has 0 radical (unpaired) electrons. The van der Waals surface area contributed by atoms with E-state index in [0.29, 0.717) is 25.1 Å². The first-order chi connectivity index (χ1) is 8.86. The summed E-state index contributed by atoms with van der Waals surface area (Å²) >= 11 is 0. The summed E-state index contributed by atoms with van der Waals surface area (Å²) in [5, 5.41) is 2.88. The monoisotopic (exact) mass is 282 g/mol. The number of hydrogen-bond donors (Lipinski definition) is 1. The van der Waals surface area contributed by atoms with Crippen molar-refractivity contribution in [2.45, 2.75) is 19.4 Å². The lowest BCUT2D eigenvalue weighted by Gasteiger charge is -2.14. The summed E-state index contributed by atoms with van der Waals surface area (Å²) in [5.74, 6) is -0.149. The van der Waals surface area contributed by atoms with Crippen LogP contribution in [-0.4, -0.2) is 44.0 Å². The van der Waals surface area contributed by atoms with Gasteiger partial charge in [0.05, 0.1) is 6.26 Å². The molecule has 1 N–H and O–H groups in total. The van der Waals surface area contributed by atoms with Crippen LogP contribution in [-0.2, 0) is 10.0 Å². The lowest BCUT2D eigenvalue weighted by molar-refractivity contribution is 0.0939. The smallest absolute Gasteiger partial charge is 0.251 e. The van der Waals surface area contributed by atoms with Crippen molar-refractivity contribution < 1.29 is 13.2 Å². The fraction of sp³-hybridized carbons (Fsp3) is 0.462. The number of rotatable bonds is 3. The zero-order valence-corrected chi connectivity index (χ0v) is 11.9. The topological polar surface area (TPSA) is 66.5 Å². The predicted octanol–water partition coefficient (Wildman–Crippen LogP) is 0.759. The second-order valence-electron chi connectivity index (χ2n) is 4.95. The van der Waals surface area contributed by atoms with E-state index < -0.39 is 10.0 Å². The van der Waals surface area contributed by atoms with Gasteiger partial charge in [0.1, 0.15) is 0 Å². The maximum absolute atomic E-state index is 12.0. The molecule has 0 bridgehead atoms. The summed E-state index contributed by atoms with van der Waals surface area (Å²) in [6.07, 6.45) is 1.85. The Hall–Kier alpha value is -1.40. The third-order valence-corrected chi connectivity index (χ3v) is 4.51. The summed E-state index contributed by atoms with van der Waals surface area (Å²) in [7, 11) is -3.16. The van der Waals surface area contributed by atoms with Crippen molar-refractivity contribution in [3.05, 3.63) is 35.4 Å². The molecule has 1 amide bonds. The number of carbonyl (C=O) groups excluding carboxylic acids is 1. The number of hydrogen-bond acceptors (Lipinski definition) is 3. The van der Waals surface area contributed by atoms with E-state index >= 15 is 0 Å². The molecule has 1 saturated heterocycles. The van der Waals surface area contributed by atoms with Crippen LogP contribution in [0.25, 0.3) is 0 Å². The number of sulfonamides is 1. The Balaban J connectivity index is 1.98. The van der Waals surface area contributed by atoms with Gasteiger partial charge in [-0.05, 0) is 25.5 Å². The van der Waals surface area contributed by atoms with Crippen LogP contribution >= 0.6 is 0 Å². The Morgan fingerprint density at radius 1 is 1.42 bits per heavy atom. The van der Waals surface area contributed by atoms with E-state index in [-0.39, 0.29) is 11.9 Å². The van der Waals surface area contributed by atoms with Gasteiger partial charge in [0.15, 0.2) is 0 Å². The zero-order valence-electron chi connectivity index (χ0n) is 11.1. The SMILES string of the molecule is Cc1cccc(C(=O)NC2CCN(S(C)(=O)=O)C2)c1. The van der Waals surface area contributed by atoms with Crippen LogP contribution in [0.5, 0.6) is 0 Å². The van der Waals surface area contributed by atoms with Crippen molar-refractivity contribution in [2.24, 2.45) is 0 Å². The first kappa shape index (κ1) is 14.0. The maximum atomic E-state index is 12.0. The second-order valence-corrected chi connectivity index (χ2v) is 6.93. The summed E-state index contributed by atoms with van der Waals surface area (Å²) in [6, 6.07) is 7.23. The Kier molecular flexibility index (Phi) is 3.91. The summed E-state index contributed by atoms with van der Waals surface area (Å²) in [4.78, 5) is 12.0. The molecule has 6 heteroatoms. The molecule has 1 aromatic rings. The minimum absolute atomic E-state index is 0.109. The van der Waals surface area contributed by atoms with Crippen LogP contribution < -0.4 is 5.32 Å². The largest absolute Gasteiger partial charge is 0.348 e. The van der Waals surface area contributed by atoms with E-state index in [9.17, 15) is 13.2 Å². The molecule has 104 valence electrons. The third kappa shape index (κ3) is 3.54. The minimum Gasteiger partial charge on any atom is -0.348 e. The van der Waals surface area contributed by atoms with E-state index in [1.807, 2.05) is 25.1 Å². The van der Waals surface area contributed by atoms with E-state index in [1.165, 1.54) is 10.6 Å². The van der Waals surface area contributed by atoms with Crippen molar-refractivity contribution in [1.29, 1.82) is 0 Å². The highest BCUT2D eigenvalue weighted by molar-refractivity contribution is 7.88. The molecule has 0 saturated carbocycles. The van der Waals surface area contributed by atoms with Gasteiger partial charge in [-0.15, -0.1) is 0 Å². The zero-order chi connectivity index (χ0) is 14.0. The fourth-order valence-corrected chi connectivity index (χ4v) is 3.09. The van der Waals surface area contributed by atoms with Gasteiger partial charge in [-0.25, -0.2) is 12.7 Å². The van der Waals surface area contributed by atoms with E-state index in [2.05, 4.69) is 5.32 Å². The van der Waals surface area contributed by atoms with Gasteiger partial charge in [0.2, 0.25) is 10.0 Å². The Labute approximate surface area is 113 Å². The van der Waals surface area contributed by atoms with Crippen molar-refractivity contribution >= 4 is 15.9 Å². The lowest BCUT2D eigenvalue weighted by Crippen LogP contribution is -2.38. The summed E-state index contributed by atoms with van der Waals surface area (Å²) in [5.41, 5.74) is 1.63. The predicted molar refractivity (Wildman–Crippen MR) is 73.5 cm³/mol. The quantitative estimate of drug-likeness (QED) is 0.890. The minimum atomic E-state index is -3.16. The molecule has 0 spiro atoms. The molecule has 1 aliphatic heterocycles. The molecule has 1 fully saturated rings. The number of carbonyl (C=O) groups is 1. The van der Waals surface area contributed by atoms with Crippen LogP contribution in [0.3, 0.4) is 0 Å². The fourth-order valence-electron chi connectivity index (χ4n) is 2.20. The number of amides is 1. The van der Waals surface area contributed by atoms with E-state index in [4.69, 9.17) is 0 Å². The van der Waals surface area contributed by atoms with Gasteiger partial charge >= 0.3 is 0 Å². The molecule has 1 aromatic carbocycles. The first-order valence-electron chi connectivity index (χ1n) is 6.19. The van der Waals surface area contributed by atoms with Crippen molar-refractivity contribution in [3.63, 3.8) is 0 Å². The van der Waals surface area contributed by atoms with E-state index in [1.54, 1.807) is 6.07 Å². The molecule has 0 aliphatic carbocycles. The molecular formula is C13H18N2O3S. The summed E-state index contributed by atoms with van der Waals surface area (Å²) in [6.45, 7) is 2.76. The van der Waals surface area contributed by atoms with Gasteiger partial charge in [-0.3, -0.25) is 4.79 Å². The molecule has 0 aromatic heterocycles. The Morgan fingerprint density at radius 3 is 2.74 bits per heavy atom. The highest BCUT2D eigenvalue weighted by Gasteiger charge is 2.29. The molecule has 1 atom stereocenters. The number of benzene rings is 1. The average molecular weight is 282 g/mol. The molecule has 1 aliphatic rings. The number of nitrogens with zero attached hydrogens (tertiary/aromatic N) is 1. The van der Waals surface area contributed by atoms with Gasteiger partial charge < -0.3 is 5.32 Å². The van der Waals surface area contributed by atoms with Crippen molar-refractivity contribution in [1.82, 2.24) is 9.62 Å². The second kappa shape index (κ2) is 5.30. The lowest BCUT2D eigenvalue weighted by atomic mass is 10.1. The van der Waals surface area contributed by atoms with Gasteiger partial charge in [-0.2, -0.15) is 0 Å². The molecule has 1 unspecified atom stereocenters. The summed E-state index contributed by atoms with van der Waals surface area (Å²) < 4.78 is 24.2. The van der Waals surface area contributed by atoms with Crippen LogP contribution in [0.4, 0.5) is 0 Å². The molecule has 19 heavy (non-hydrogen) atoms. The van der Waals surface area contributed by atoms with Crippen LogP contribution in [0.2, 0.25) is 0 Å². The number of nitrogens with one attached hydrogen (secondary N) is 1. The normalized spacial score (nSPS) is 20.4. The highest BCUT2D eigenvalue weighted by atomic mass is 32.2. The van der Waals surface area contributed by atoms with Crippen molar-refractivity contribution in [3.8, 4) is 0 Å². The van der Waals surface area contributed by atoms with Crippen LogP contribution in [0, 0.1) is 6.92 Å². The maximum Gasteiger partial charge on any atom is 0.251 e. The van der Waals surface area contributed by atoms with E-state index in [0.717, 1.165) is 5.56 Å². The number of aryl methyl sites for hydroxylation is 1. The van der Waals surface area contributed by atoms with Crippen LogP contribution in [0.1, 0.15) is 22.3 Å². The Bertz CT molecular complexity index is 583. The van der Waals surface area contributed by atoms with Crippen LogP contribution in [0.15, 0.2) is 24.3 Å². The van der Waals surface area contributed by atoms with Gasteiger partial charge in [0.25, 0.3) is 5.91 Å². The molecule has 1 heterocycles. The standard InChI is InChI=1S/C13H18N2O3S/c1-10-4-3-5-11(8-10)13(16)14-12-6-7-15(9-12)19(2,17)18/h3-5,8,12H,6-7,9H2,1-2H3,(H,14,16). The average Bonchev–Trinajstić information content (AvgIpc) is 2.77. The van der Waals surface area contributed by atoms with Gasteiger partial charge in [-0.1, -0.05) is 17.7 Å². The Morgan fingerprint density at radius 2 is 2.16 bits per heavy atom.